The van der Waals surface area contributed by atoms with Crippen LogP contribution in [-0.4, -0.2) is 24.4 Å². The third-order valence-corrected chi connectivity index (χ3v) is 3.38. The van der Waals surface area contributed by atoms with Crippen molar-refractivity contribution >= 4 is 18.5 Å². The fraction of sp³-hybridized carbons (Fsp3) is 0.188. The van der Waals surface area contributed by atoms with Crippen molar-refractivity contribution in [2.45, 2.75) is 11.3 Å². The standard InChI is InChI=1S/C16H16FNOS/c1-18(10-9-12-5-3-2-4-6-12)16(19)14-11-13(20)7-8-15(14)17/h2-8,11,20H,9-10H2,1H3. The van der Waals surface area contributed by atoms with Gasteiger partial charge in [0.1, 0.15) is 5.82 Å². The van der Waals surface area contributed by atoms with Gasteiger partial charge >= 0.3 is 0 Å². The largest absolute Gasteiger partial charge is 0.341 e. The third kappa shape index (κ3) is 3.61. The Morgan fingerprint density at radius 1 is 1.20 bits per heavy atom. The number of thiol groups is 1. The highest BCUT2D eigenvalue weighted by Gasteiger charge is 2.16. The van der Waals surface area contributed by atoms with Gasteiger partial charge in [0.2, 0.25) is 0 Å². The van der Waals surface area contributed by atoms with Crippen LogP contribution in [0, 0.1) is 5.82 Å². The number of benzene rings is 2. The van der Waals surface area contributed by atoms with Crippen molar-refractivity contribution < 1.29 is 9.18 Å². The lowest BCUT2D eigenvalue weighted by Gasteiger charge is -2.17. The molecular weight excluding hydrogens is 273 g/mol. The molecule has 0 saturated heterocycles. The van der Waals surface area contributed by atoms with E-state index in [1.165, 1.54) is 23.1 Å². The number of hydrogen-bond acceptors (Lipinski definition) is 2. The van der Waals surface area contributed by atoms with Crippen LogP contribution in [0.5, 0.6) is 0 Å². The molecule has 0 spiro atoms. The van der Waals surface area contributed by atoms with Crippen LogP contribution in [0.1, 0.15) is 15.9 Å². The number of likely N-dealkylation sites (N-methyl/N-ethyl adjacent to an activating group) is 1. The molecule has 0 atom stereocenters. The van der Waals surface area contributed by atoms with Crippen LogP contribution < -0.4 is 0 Å². The van der Waals surface area contributed by atoms with E-state index in [-0.39, 0.29) is 11.5 Å². The molecule has 1 amide bonds. The van der Waals surface area contributed by atoms with E-state index in [0.29, 0.717) is 11.4 Å². The van der Waals surface area contributed by atoms with E-state index in [0.717, 1.165) is 12.0 Å². The summed E-state index contributed by atoms with van der Waals surface area (Å²) < 4.78 is 13.7. The molecule has 4 heteroatoms. The lowest BCUT2D eigenvalue weighted by atomic mass is 10.1. The minimum atomic E-state index is -0.514. The van der Waals surface area contributed by atoms with Crippen LogP contribution in [0.3, 0.4) is 0 Å². The van der Waals surface area contributed by atoms with E-state index in [9.17, 15) is 9.18 Å². The van der Waals surface area contributed by atoms with Gasteiger partial charge in [0, 0.05) is 18.5 Å². The predicted octanol–water partition coefficient (Wildman–Crippen LogP) is 3.43. The Labute approximate surface area is 123 Å². The van der Waals surface area contributed by atoms with Gasteiger partial charge in [0.15, 0.2) is 0 Å². The molecule has 104 valence electrons. The van der Waals surface area contributed by atoms with E-state index in [4.69, 9.17) is 0 Å². The van der Waals surface area contributed by atoms with Crippen LogP contribution in [0.15, 0.2) is 53.4 Å². The van der Waals surface area contributed by atoms with E-state index in [1.54, 1.807) is 7.05 Å². The monoisotopic (exact) mass is 289 g/mol. The summed E-state index contributed by atoms with van der Waals surface area (Å²) in [4.78, 5) is 14.3. The SMILES string of the molecule is CN(CCc1ccccc1)C(=O)c1cc(S)ccc1F. The molecule has 2 nitrogen and oxygen atoms in total. The van der Waals surface area contributed by atoms with Crippen molar-refractivity contribution in [2.75, 3.05) is 13.6 Å². The molecule has 0 fully saturated rings. The summed E-state index contributed by atoms with van der Waals surface area (Å²) in [6.07, 6.45) is 0.741. The first kappa shape index (κ1) is 14.6. The van der Waals surface area contributed by atoms with Gasteiger partial charge < -0.3 is 4.90 Å². The zero-order valence-electron chi connectivity index (χ0n) is 11.2. The molecule has 2 aromatic carbocycles. The maximum atomic E-state index is 13.7. The van der Waals surface area contributed by atoms with Gasteiger partial charge in [0.05, 0.1) is 5.56 Å². The first-order valence-electron chi connectivity index (χ1n) is 6.36. The molecule has 0 saturated carbocycles. The Morgan fingerprint density at radius 2 is 1.90 bits per heavy atom. The Hall–Kier alpha value is -1.81. The molecule has 0 N–H and O–H groups in total. The minimum Gasteiger partial charge on any atom is -0.341 e. The van der Waals surface area contributed by atoms with Crippen LogP contribution in [-0.2, 0) is 6.42 Å². The van der Waals surface area contributed by atoms with Crippen LogP contribution >= 0.6 is 12.6 Å². The summed E-state index contributed by atoms with van der Waals surface area (Å²) >= 11 is 4.14. The van der Waals surface area contributed by atoms with Crippen LogP contribution in [0.2, 0.25) is 0 Å². The molecule has 0 aromatic heterocycles. The Morgan fingerprint density at radius 3 is 2.60 bits per heavy atom. The first-order valence-corrected chi connectivity index (χ1v) is 6.80. The fourth-order valence-electron chi connectivity index (χ4n) is 1.93. The predicted molar refractivity (Wildman–Crippen MR) is 80.8 cm³/mol. The Bertz CT molecular complexity index is 601. The van der Waals surface area contributed by atoms with E-state index in [2.05, 4.69) is 12.6 Å². The van der Waals surface area contributed by atoms with Gasteiger partial charge in [-0.05, 0) is 30.2 Å². The highest BCUT2D eigenvalue weighted by atomic mass is 32.1. The normalized spacial score (nSPS) is 10.3. The number of amides is 1. The highest BCUT2D eigenvalue weighted by Crippen LogP contribution is 2.15. The van der Waals surface area contributed by atoms with Crippen LogP contribution in [0.25, 0.3) is 0 Å². The maximum absolute atomic E-state index is 13.7. The summed E-state index contributed by atoms with van der Waals surface area (Å²) in [5.74, 6) is -0.839. The molecule has 0 aliphatic carbocycles. The second kappa shape index (κ2) is 6.57. The van der Waals surface area contributed by atoms with Gasteiger partial charge in [-0.3, -0.25) is 4.79 Å². The fourth-order valence-corrected chi connectivity index (χ4v) is 2.13. The van der Waals surface area contributed by atoms with E-state index in [1.807, 2.05) is 30.3 Å². The molecule has 2 aromatic rings. The lowest BCUT2D eigenvalue weighted by Crippen LogP contribution is -2.29. The Kier molecular flexibility index (Phi) is 4.79. The summed E-state index contributed by atoms with van der Waals surface area (Å²) in [5.41, 5.74) is 1.21. The number of carbonyl (C=O) groups is 1. The van der Waals surface area contributed by atoms with E-state index >= 15 is 0 Å². The smallest absolute Gasteiger partial charge is 0.256 e. The lowest BCUT2D eigenvalue weighted by molar-refractivity contribution is 0.0791. The van der Waals surface area contributed by atoms with Gasteiger partial charge in [-0.1, -0.05) is 30.3 Å². The van der Waals surface area contributed by atoms with E-state index < -0.39 is 5.82 Å². The summed E-state index contributed by atoms with van der Waals surface area (Å²) in [7, 11) is 1.68. The second-order valence-electron chi connectivity index (χ2n) is 4.63. The summed E-state index contributed by atoms with van der Waals surface area (Å²) in [6, 6.07) is 14.1. The minimum absolute atomic E-state index is 0.0630. The molecular formula is C16H16FNOS. The topological polar surface area (TPSA) is 20.3 Å². The maximum Gasteiger partial charge on any atom is 0.256 e. The summed E-state index contributed by atoms with van der Waals surface area (Å²) in [5, 5.41) is 0. The van der Waals surface area contributed by atoms with Crippen molar-refractivity contribution in [1.82, 2.24) is 4.90 Å². The van der Waals surface area contributed by atoms with Gasteiger partial charge in [0.25, 0.3) is 5.91 Å². The molecule has 0 heterocycles. The average molecular weight is 289 g/mol. The molecule has 0 unspecified atom stereocenters. The molecule has 2 rings (SSSR count). The number of hydrogen-bond donors (Lipinski definition) is 1. The Balaban J connectivity index is 2.03. The van der Waals surface area contributed by atoms with Crippen molar-refractivity contribution in [2.24, 2.45) is 0 Å². The highest BCUT2D eigenvalue weighted by molar-refractivity contribution is 7.80. The van der Waals surface area contributed by atoms with Gasteiger partial charge in [-0.15, -0.1) is 12.6 Å². The first-order chi connectivity index (χ1) is 9.58. The second-order valence-corrected chi connectivity index (χ2v) is 5.14. The zero-order valence-corrected chi connectivity index (χ0v) is 12.1. The third-order valence-electron chi connectivity index (χ3n) is 3.11. The van der Waals surface area contributed by atoms with Crippen molar-refractivity contribution in [1.29, 1.82) is 0 Å². The van der Waals surface area contributed by atoms with Crippen molar-refractivity contribution in [3.63, 3.8) is 0 Å². The number of nitrogens with zero attached hydrogens (tertiary/aromatic N) is 1. The van der Waals surface area contributed by atoms with Crippen LogP contribution in [0.4, 0.5) is 4.39 Å². The number of carbonyl (C=O) groups excluding carboxylic acids is 1. The van der Waals surface area contributed by atoms with Gasteiger partial charge in [-0.25, -0.2) is 4.39 Å². The molecule has 20 heavy (non-hydrogen) atoms. The molecule has 0 radical (unpaired) electrons. The molecule has 0 bridgehead atoms. The quantitative estimate of drug-likeness (QED) is 0.855. The average Bonchev–Trinajstić information content (AvgIpc) is 2.47. The van der Waals surface area contributed by atoms with Crippen molar-refractivity contribution in [3.05, 3.63) is 65.5 Å². The zero-order chi connectivity index (χ0) is 14.5. The van der Waals surface area contributed by atoms with Crippen molar-refractivity contribution in [3.8, 4) is 0 Å². The number of rotatable bonds is 4. The molecule has 0 aliphatic rings. The van der Waals surface area contributed by atoms with Gasteiger partial charge in [-0.2, -0.15) is 0 Å². The number of halogens is 1. The summed E-state index contributed by atoms with van der Waals surface area (Å²) in [6.45, 7) is 0.541. The molecule has 0 aliphatic heterocycles.